The Hall–Kier alpha value is -0.620. The van der Waals surface area contributed by atoms with E-state index in [1.54, 1.807) is 12.1 Å². The van der Waals surface area contributed by atoms with Crippen LogP contribution < -0.4 is 0 Å². The van der Waals surface area contributed by atoms with Gasteiger partial charge < -0.3 is 9.47 Å². The molecule has 1 heterocycles. The van der Waals surface area contributed by atoms with Crippen LogP contribution in [0.4, 0.5) is 0 Å². The van der Waals surface area contributed by atoms with Crippen LogP contribution in [0, 0.1) is 5.92 Å². The van der Waals surface area contributed by atoms with Crippen molar-refractivity contribution in [3.05, 3.63) is 35.9 Å². The lowest BCUT2D eigenvalue weighted by atomic mass is 10.1. The van der Waals surface area contributed by atoms with Gasteiger partial charge in [0.15, 0.2) is 3.61 Å². The van der Waals surface area contributed by atoms with Crippen molar-refractivity contribution in [2.24, 2.45) is 5.92 Å². The van der Waals surface area contributed by atoms with Crippen molar-refractivity contribution in [2.75, 3.05) is 13.2 Å². The molecule has 2 rings (SSSR count). The van der Waals surface area contributed by atoms with Crippen LogP contribution in [0.15, 0.2) is 30.3 Å². The third-order valence-corrected chi connectivity index (χ3v) is 4.72. The van der Waals surface area contributed by atoms with E-state index in [0.717, 1.165) is 13.0 Å². The second-order valence-corrected chi connectivity index (χ2v) is 6.09. The van der Waals surface area contributed by atoms with Crippen molar-refractivity contribution in [1.29, 1.82) is 0 Å². The van der Waals surface area contributed by atoms with Crippen molar-refractivity contribution in [3.63, 3.8) is 0 Å². The van der Waals surface area contributed by atoms with Crippen LogP contribution in [0.5, 0.6) is 0 Å². The Morgan fingerprint density at radius 2 is 2.24 bits per heavy atom. The minimum Gasteiger partial charge on any atom is -0.458 e. The molecule has 2 atom stereocenters. The molecule has 0 N–H and O–H groups in total. The quantitative estimate of drug-likeness (QED) is 0.480. The number of benzene rings is 1. The molecule has 0 saturated carbocycles. The number of ether oxygens (including phenoxy) is 2. The van der Waals surface area contributed by atoms with Gasteiger partial charge >= 0.3 is 5.97 Å². The Morgan fingerprint density at radius 3 is 2.82 bits per heavy atom. The third kappa shape index (κ3) is 2.98. The topological polar surface area (TPSA) is 35.5 Å². The second-order valence-electron chi connectivity index (χ2n) is 4.27. The van der Waals surface area contributed by atoms with Crippen molar-refractivity contribution in [1.82, 2.24) is 0 Å². The van der Waals surface area contributed by atoms with Gasteiger partial charge in [-0.25, -0.2) is 4.79 Å². The summed E-state index contributed by atoms with van der Waals surface area (Å²) in [5.74, 6) is 0.121. The number of carbonyl (C=O) groups excluding carboxylic acids is 1. The Labute approximate surface area is 115 Å². The molecular weight excluding hydrogens is 331 g/mol. The Balaban J connectivity index is 1.93. The molecule has 0 spiro atoms. The minimum absolute atomic E-state index is 0.288. The number of halogens is 1. The number of alkyl halides is 1. The molecule has 0 amide bonds. The lowest BCUT2D eigenvalue weighted by molar-refractivity contribution is -0.000261. The van der Waals surface area contributed by atoms with E-state index in [-0.39, 0.29) is 9.58 Å². The monoisotopic (exact) mass is 346 g/mol. The summed E-state index contributed by atoms with van der Waals surface area (Å²) in [6.45, 7) is 3.17. The van der Waals surface area contributed by atoms with Gasteiger partial charge in [-0.1, -0.05) is 25.1 Å². The van der Waals surface area contributed by atoms with Crippen LogP contribution in [0.2, 0.25) is 0 Å². The normalized spacial score (nSPS) is 28.0. The van der Waals surface area contributed by atoms with E-state index in [0.29, 0.717) is 18.1 Å². The largest absolute Gasteiger partial charge is 0.458 e. The highest BCUT2D eigenvalue weighted by atomic mass is 127. The van der Waals surface area contributed by atoms with Gasteiger partial charge in [0.05, 0.1) is 5.56 Å². The maximum Gasteiger partial charge on any atom is 0.338 e. The van der Waals surface area contributed by atoms with Crippen LogP contribution in [0.25, 0.3) is 0 Å². The standard InChI is InChI=1S/C13H15IO3/c1-10-7-8-17-13(10,14)9-16-12(15)11-5-3-2-4-6-11/h2-6,10H,7-9H2,1H3/t10-,13+/m0/s1. The van der Waals surface area contributed by atoms with E-state index in [9.17, 15) is 4.79 Å². The molecule has 1 aliphatic heterocycles. The predicted molar refractivity (Wildman–Crippen MR) is 73.2 cm³/mol. The molecule has 0 bridgehead atoms. The van der Waals surface area contributed by atoms with Gasteiger partial charge in [0, 0.05) is 6.61 Å². The summed E-state index contributed by atoms with van der Waals surface area (Å²) in [5, 5.41) is 0. The van der Waals surface area contributed by atoms with E-state index < -0.39 is 0 Å². The SMILES string of the molecule is C[C@H]1CCO[C@]1(I)COC(=O)c1ccccc1. The Kier molecular flexibility index (Phi) is 4.04. The van der Waals surface area contributed by atoms with Gasteiger partial charge in [0.2, 0.25) is 0 Å². The zero-order chi connectivity index (χ0) is 12.3. The molecular formula is C13H15IO3. The van der Waals surface area contributed by atoms with Crippen molar-refractivity contribution >= 4 is 28.6 Å². The van der Waals surface area contributed by atoms with Crippen LogP contribution in [-0.2, 0) is 9.47 Å². The molecule has 92 valence electrons. The van der Waals surface area contributed by atoms with E-state index in [1.807, 2.05) is 18.2 Å². The maximum atomic E-state index is 11.8. The molecule has 1 aromatic rings. The highest BCUT2D eigenvalue weighted by Gasteiger charge is 2.40. The summed E-state index contributed by atoms with van der Waals surface area (Å²) in [7, 11) is 0. The first-order valence-electron chi connectivity index (χ1n) is 5.67. The smallest absolute Gasteiger partial charge is 0.338 e. The van der Waals surface area contributed by atoms with Gasteiger partial charge in [0.1, 0.15) is 6.61 Å². The summed E-state index contributed by atoms with van der Waals surface area (Å²) >= 11 is 2.24. The van der Waals surface area contributed by atoms with Crippen LogP contribution >= 0.6 is 22.6 Å². The number of hydrogen-bond acceptors (Lipinski definition) is 3. The van der Waals surface area contributed by atoms with Gasteiger partial charge in [-0.3, -0.25) is 0 Å². The van der Waals surface area contributed by atoms with Crippen molar-refractivity contribution in [2.45, 2.75) is 17.0 Å². The van der Waals surface area contributed by atoms with Crippen molar-refractivity contribution < 1.29 is 14.3 Å². The molecule has 0 aromatic heterocycles. The summed E-state index contributed by atoms with van der Waals surface area (Å²) < 4.78 is 10.6. The number of esters is 1. The molecule has 1 saturated heterocycles. The summed E-state index contributed by atoms with van der Waals surface area (Å²) in [6.07, 6.45) is 1.02. The molecule has 17 heavy (non-hydrogen) atoms. The first-order chi connectivity index (χ1) is 8.12. The molecule has 0 aliphatic carbocycles. The number of rotatable bonds is 3. The first-order valence-corrected chi connectivity index (χ1v) is 6.75. The summed E-state index contributed by atoms with van der Waals surface area (Å²) in [6, 6.07) is 9.03. The highest BCUT2D eigenvalue weighted by molar-refractivity contribution is 14.1. The average Bonchev–Trinajstić information content (AvgIpc) is 2.68. The van der Waals surface area contributed by atoms with Crippen molar-refractivity contribution in [3.8, 4) is 0 Å². The van der Waals surface area contributed by atoms with Crippen LogP contribution in [0.3, 0.4) is 0 Å². The molecule has 1 aliphatic rings. The van der Waals surface area contributed by atoms with E-state index in [2.05, 4.69) is 29.5 Å². The minimum atomic E-state index is -0.359. The maximum absolute atomic E-state index is 11.8. The van der Waals surface area contributed by atoms with E-state index >= 15 is 0 Å². The number of hydrogen-bond donors (Lipinski definition) is 0. The number of carbonyl (C=O) groups is 1. The fourth-order valence-electron chi connectivity index (χ4n) is 1.77. The average molecular weight is 346 g/mol. The highest BCUT2D eigenvalue weighted by Crippen LogP contribution is 2.38. The molecule has 0 unspecified atom stereocenters. The lowest BCUT2D eigenvalue weighted by Gasteiger charge is -2.25. The van der Waals surface area contributed by atoms with Gasteiger partial charge in [-0.05, 0) is 47.1 Å². The van der Waals surface area contributed by atoms with Gasteiger partial charge in [-0.2, -0.15) is 0 Å². The molecule has 0 radical (unpaired) electrons. The van der Waals surface area contributed by atoms with E-state index in [1.165, 1.54) is 0 Å². The van der Waals surface area contributed by atoms with Crippen LogP contribution in [-0.4, -0.2) is 22.8 Å². The molecule has 1 aromatic carbocycles. The molecule has 4 heteroatoms. The molecule has 3 nitrogen and oxygen atoms in total. The zero-order valence-electron chi connectivity index (χ0n) is 9.69. The Morgan fingerprint density at radius 1 is 1.53 bits per heavy atom. The Bertz CT molecular complexity index is 393. The van der Waals surface area contributed by atoms with Gasteiger partial charge in [0.25, 0.3) is 0 Å². The van der Waals surface area contributed by atoms with E-state index in [4.69, 9.17) is 9.47 Å². The first kappa shape index (κ1) is 12.8. The molecule has 1 fully saturated rings. The fraction of sp³-hybridized carbons (Fsp3) is 0.462. The van der Waals surface area contributed by atoms with Crippen LogP contribution in [0.1, 0.15) is 23.7 Å². The summed E-state index contributed by atoms with van der Waals surface area (Å²) in [4.78, 5) is 11.8. The fourth-order valence-corrected chi connectivity index (χ4v) is 2.46. The lowest BCUT2D eigenvalue weighted by Crippen LogP contribution is -2.33. The zero-order valence-corrected chi connectivity index (χ0v) is 11.8. The second kappa shape index (κ2) is 5.35. The predicted octanol–water partition coefficient (Wildman–Crippen LogP) is 3.03. The third-order valence-electron chi connectivity index (χ3n) is 3.04. The summed E-state index contributed by atoms with van der Waals surface area (Å²) in [5.41, 5.74) is 0.582. The van der Waals surface area contributed by atoms with Gasteiger partial charge in [-0.15, -0.1) is 0 Å².